The van der Waals surface area contributed by atoms with Crippen molar-refractivity contribution in [2.45, 2.75) is 77.3 Å². The Kier molecular flexibility index (Phi) is 14.3. The van der Waals surface area contributed by atoms with Crippen molar-refractivity contribution < 1.29 is 43.2 Å². The van der Waals surface area contributed by atoms with Gasteiger partial charge >= 0.3 is 12.2 Å². The lowest BCUT2D eigenvalue weighted by atomic mass is 9.85. The summed E-state index contributed by atoms with van der Waals surface area (Å²) in [7, 11) is 1.23. The van der Waals surface area contributed by atoms with Crippen LogP contribution in [0.15, 0.2) is 103 Å². The van der Waals surface area contributed by atoms with E-state index in [0.29, 0.717) is 19.0 Å². The third-order valence-electron chi connectivity index (χ3n) is 10.2. The van der Waals surface area contributed by atoms with Crippen LogP contribution in [0.25, 0.3) is 11.3 Å². The topological polar surface area (TPSA) is 170 Å². The quantitative estimate of drug-likeness (QED) is 0.107. The minimum atomic E-state index is -1.23. The monoisotopic (exact) mass is 795 g/mol. The third kappa shape index (κ3) is 11.8. The van der Waals surface area contributed by atoms with Gasteiger partial charge in [0.05, 0.1) is 44.1 Å². The first-order chi connectivity index (χ1) is 27.9. The Morgan fingerprint density at radius 1 is 0.879 bits per heavy atom. The molecule has 0 bridgehead atoms. The smallest absolute Gasteiger partial charge is 0.422 e. The molecular formula is C44H53N5O9. The van der Waals surface area contributed by atoms with Crippen molar-refractivity contribution in [2.75, 3.05) is 26.9 Å². The first kappa shape index (κ1) is 42.1. The molecule has 3 amide bonds. The zero-order chi connectivity index (χ0) is 41.1. The lowest BCUT2D eigenvalue weighted by Crippen LogP contribution is -2.59. The van der Waals surface area contributed by atoms with E-state index in [4.69, 9.17) is 23.7 Å². The van der Waals surface area contributed by atoms with Crippen molar-refractivity contribution in [2.24, 2.45) is 11.3 Å². The summed E-state index contributed by atoms with van der Waals surface area (Å²) >= 11 is 0. The van der Waals surface area contributed by atoms with Gasteiger partial charge in [-0.05, 0) is 59.2 Å². The fraction of sp³-hybridized carbons (Fsp3) is 0.409. The van der Waals surface area contributed by atoms with Gasteiger partial charge in [-0.1, -0.05) is 93.6 Å². The zero-order valence-corrected chi connectivity index (χ0v) is 33.3. The summed E-state index contributed by atoms with van der Waals surface area (Å²) in [5.74, 6) is 0.0892. The minimum Gasteiger partial charge on any atom is -0.489 e. The molecule has 6 atom stereocenters. The van der Waals surface area contributed by atoms with Crippen molar-refractivity contribution >= 4 is 18.1 Å². The van der Waals surface area contributed by atoms with Crippen LogP contribution in [-0.4, -0.2) is 90.6 Å². The number of hydrazine groups is 1. The number of carbonyl (C=O) groups is 3. The molecule has 0 saturated carbocycles. The molecular weight excluding hydrogens is 743 g/mol. The van der Waals surface area contributed by atoms with E-state index in [0.717, 1.165) is 34.4 Å². The summed E-state index contributed by atoms with van der Waals surface area (Å²) in [6.07, 6.45) is -0.920. The lowest BCUT2D eigenvalue weighted by Gasteiger charge is -2.34. The van der Waals surface area contributed by atoms with Crippen LogP contribution in [0.1, 0.15) is 43.9 Å². The standard InChI is InChI=1S/C44H53N5O9/c1-44(2,3)39(47-42(52)54-4)40(51)46-36(24-29-15-19-33(20-16-29)56-27-31-10-6-5-7-11-31)37(50)26-49(48-43(53)58-38-28-57-41-34(38)21-23-55-41)25-30-13-17-32(18-14-30)35-12-8-9-22-45-35/h5-20,22,34,36-39,41,50H,21,23-28H2,1-4H3,(H,46,51)(H,47,52)(H,48,53). The van der Waals surface area contributed by atoms with Crippen LogP contribution in [-0.2, 0) is 43.3 Å². The van der Waals surface area contributed by atoms with Gasteiger partial charge in [-0.25, -0.2) is 14.6 Å². The van der Waals surface area contributed by atoms with E-state index >= 15 is 0 Å². The second-order valence-corrected chi connectivity index (χ2v) is 15.6. The number of hydrogen-bond donors (Lipinski definition) is 4. The van der Waals surface area contributed by atoms with Crippen molar-refractivity contribution in [3.8, 4) is 17.0 Å². The summed E-state index contributed by atoms with van der Waals surface area (Å²) in [6, 6.07) is 28.8. The van der Waals surface area contributed by atoms with Crippen molar-refractivity contribution in [1.82, 2.24) is 26.1 Å². The number of nitrogens with one attached hydrogen (secondary N) is 3. The molecule has 2 aliphatic rings. The maximum absolute atomic E-state index is 14.0. The predicted octanol–water partition coefficient (Wildman–Crippen LogP) is 5.39. The van der Waals surface area contributed by atoms with E-state index < -0.39 is 54.1 Å². The average molecular weight is 796 g/mol. The molecule has 14 nitrogen and oxygen atoms in total. The number of pyridine rings is 1. The molecule has 1 aromatic heterocycles. The Balaban J connectivity index is 1.21. The SMILES string of the molecule is COC(=O)NC(C(=O)NC(Cc1ccc(OCc2ccccc2)cc1)C(O)CN(Cc1ccc(-c2ccccn2)cc1)NC(=O)OC1COC2OCCC12)C(C)(C)C. The number of rotatable bonds is 16. The van der Waals surface area contributed by atoms with Crippen LogP contribution in [0.4, 0.5) is 9.59 Å². The van der Waals surface area contributed by atoms with E-state index in [-0.39, 0.29) is 32.0 Å². The van der Waals surface area contributed by atoms with Gasteiger partial charge in [0, 0.05) is 24.8 Å². The fourth-order valence-corrected chi connectivity index (χ4v) is 7.00. The predicted molar refractivity (Wildman–Crippen MR) is 215 cm³/mol. The Morgan fingerprint density at radius 3 is 2.29 bits per heavy atom. The van der Waals surface area contributed by atoms with Crippen LogP contribution in [0.2, 0.25) is 0 Å². The normalized spacial score (nSPS) is 19.0. The second kappa shape index (κ2) is 19.7. The number of carbonyl (C=O) groups excluding carboxylic acids is 3. The van der Waals surface area contributed by atoms with E-state index in [9.17, 15) is 19.5 Å². The Bertz CT molecular complexity index is 1930. The van der Waals surface area contributed by atoms with Crippen molar-refractivity contribution in [3.05, 3.63) is 120 Å². The molecule has 2 fully saturated rings. The highest BCUT2D eigenvalue weighted by Crippen LogP contribution is 2.33. The lowest BCUT2D eigenvalue weighted by molar-refractivity contribution is -0.127. The van der Waals surface area contributed by atoms with Gasteiger partial charge in [0.1, 0.15) is 24.5 Å². The number of methoxy groups -OCH3 is 1. The number of ether oxygens (including phenoxy) is 5. The van der Waals surface area contributed by atoms with E-state index in [1.54, 1.807) is 11.2 Å². The molecule has 0 spiro atoms. The molecule has 6 rings (SSSR count). The van der Waals surface area contributed by atoms with Gasteiger partial charge in [0.2, 0.25) is 5.91 Å². The Labute approximate surface area is 339 Å². The average Bonchev–Trinajstić information content (AvgIpc) is 3.85. The number of benzene rings is 3. The van der Waals surface area contributed by atoms with E-state index in [1.807, 2.05) is 118 Å². The van der Waals surface area contributed by atoms with Crippen molar-refractivity contribution in [1.29, 1.82) is 0 Å². The minimum absolute atomic E-state index is 0.0620. The number of hydrogen-bond acceptors (Lipinski definition) is 11. The van der Waals surface area contributed by atoms with E-state index in [1.165, 1.54) is 7.11 Å². The molecule has 0 aliphatic carbocycles. The third-order valence-corrected chi connectivity index (χ3v) is 10.2. The molecule has 58 heavy (non-hydrogen) atoms. The first-order valence-corrected chi connectivity index (χ1v) is 19.5. The molecule has 2 saturated heterocycles. The Hall–Kier alpha value is -5.54. The highest BCUT2D eigenvalue weighted by molar-refractivity contribution is 5.86. The maximum Gasteiger partial charge on any atom is 0.422 e. The fourth-order valence-electron chi connectivity index (χ4n) is 7.00. The molecule has 3 heterocycles. The molecule has 308 valence electrons. The summed E-state index contributed by atoms with van der Waals surface area (Å²) in [5, 5.41) is 19.2. The Morgan fingerprint density at radius 2 is 1.60 bits per heavy atom. The highest BCUT2D eigenvalue weighted by atomic mass is 16.7. The molecule has 4 aromatic rings. The van der Waals surface area contributed by atoms with Crippen LogP contribution in [0.3, 0.4) is 0 Å². The summed E-state index contributed by atoms with van der Waals surface area (Å²) in [5.41, 5.74) is 6.55. The van der Waals surface area contributed by atoms with Gasteiger partial charge in [0.25, 0.3) is 0 Å². The van der Waals surface area contributed by atoms with Gasteiger partial charge in [-0.2, -0.15) is 0 Å². The largest absolute Gasteiger partial charge is 0.489 e. The summed E-state index contributed by atoms with van der Waals surface area (Å²) in [6.45, 7) is 6.69. The number of aliphatic hydroxyl groups excluding tert-OH is 1. The molecule has 14 heteroatoms. The van der Waals surface area contributed by atoms with Crippen LogP contribution in [0.5, 0.6) is 5.75 Å². The van der Waals surface area contributed by atoms with Gasteiger partial charge in [-0.15, -0.1) is 0 Å². The van der Waals surface area contributed by atoms with E-state index in [2.05, 4.69) is 21.0 Å². The number of aromatic nitrogens is 1. The molecule has 0 radical (unpaired) electrons. The zero-order valence-electron chi connectivity index (χ0n) is 33.3. The number of alkyl carbamates (subject to hydrolysis) is 1. The van der Waals surface area contributed by atoms with Crippen LogP contribution in [0, 0.1) is 11.3 Å². The number of fused-ring (bicyclic) bond motifs is 1. The van der Waals surface area contributed by atoms with Crippen molar-refractivity contribution in [3.63, 3.8) is 0 Å². The molecule has 4 N–H and O–H groups in total. The molecule has 6 unspecified atom stereocenters. The number of amides is 3. The second-order valence-electron chi connectivity index (χ2n) is 15.6. The van der Waals surface area contributed by atoms with Gasteiger partial charge in [-0.3, -0.25) is 15.2 Å². The summed E-state index contributed by atoms with van der Waals surface area (Å²) in [4.78, 5) is 44.2. The maximum atomic E-state index is 14.0. The van der Waals surface area contributed by atoms with Crippen LogP contribution < -0.4 is 20.8 Å². The first-order valence-electron chi connectivity index (χ1n) is 19.5. The van der Waals surface area contributed by atoms with Crippen LogP contribution >= 0.6 is 0 Å². The highest BCUT2D eigenvalue weighted by Gasteiger charge is 2.44. The number of aliphatic hydroxyl groups is 1. The number of nitrogens with zero attached hydrogens (tertiary/aromatic N) is 2. The molecule has 3 aromatic carbocycles. The van der Waals surface area contributed by atoms with Gasteiger partial charge in [0.15, 0.2) is 6.29 Å². The summed E-state index contributed by atoms with van der Waals surface area (Å²) < 4.78 is 27.9. The molecule has 2 aliphatic heterocycles. The van der Waals surface area contributed by atoms with Gasteiger partial charge < -0.3 is 39.4 Å².